The molecule has 1 N–H and O–H groups in total. The van der Waals surface area contributed by atoms with Crippen molar-refractivity contribution in [3.05, 3.63) is 0 Å². The lowest BCUT2D eigenvalue weighted by atomic mass is 10.2. The summed E-state index contributed by atoms with van der Waals surface area (Å²) in [6.45, 7) is 9.61. The van der Waals surface area contributed by atoms with Crippen molar-refractivity contribution in [1.82, 2.24) is 10.2 Å². The monoisotopic (exact) mass is 278 g/mol. The molecule has 0 spiro atoms. The highest BCUT2D eigenvalue weighted by Gasteiger charge is 2.22. The van der Waals surface area contributed by atoms with Gasteiger partial charge >= 0.3 is 0 Å². The van der Waals surface area contributed by atoms with Crippen molar-refractivity contribution >= 4 is 9.84 Å². The highest BCUT2D eigenvalue weighted by Crippen LogP contribution is 2.08. The minimum absolute atomic E-state index is 0.0296. The topological polar surface area (TPSA) is 58.6 Å². The molecule has 0 bridgehead atoms. The van der Waals surface area contributed by atoms with Gasteiger partial charge in [0, 0.05) is 38.0 Å². The largest absolute Gasteiger partial charge is 0.374 e. The van der Waals surface area contributed by atoms with Crippen molar-refractivity contribution in [2.24, 2.45) is 0 Å². The van der Waals surface area contributed by atoms with Gasteiger partial charge in [-0.05, 0) is 20.8 Å². The van der Waals surface area contributed by atoms with E-state index in [1.165, 1.54) is 6.26 Å². The number of rotatable bonds is 6. The van der Waals surface area contributed by atoms with Gasteiger partial charge in [0.25, 0.3) is 0 Å². The summed E-state index contributed by atoms with van der Waals surface area (Å²) >= 11 is 0. The molecule has 0 aliphatic carbocycles. The Labute approximate surface area is 111 Å². The molecule has 0 radical (unpaired) electrons. The Hall–Kier alpha value is -0.170. The summed E-state index contributed by atoms with van der Waals surface area (Å²) in [6.07, 6.45) is 1.42. The van der Waals surface area contributed by atoms with Gasteiger partial charge in [-0.3, -0.25) is 4.90 Å². The second kappa shape index (κ2) is 6.84. The zero-order chi connectivity index (χ0) is 13.8. The van der Waals surface area contributed by atoms with Gasteiger partial charge < -0.3 is 10.1 Å². The summed E-state index contributed by atoms with van der Waals surface area (Å²) in [7, 11) is -2.91. The van der Waals surface area contributed by atoms with Gasteiger partial charge in [-0.2, -0.15) is 0 Å². The zero-order valence-electron chi connectivity index (χ0n) is 11.8. The normalized spacial score (nSPS) is 24.4. The van der Waals surface area contributed by atoms with Gasteiger partial charge in [0.2, 0.25) is 0 Å². The maximum Gasteiger partial charge on any atom is 0.148 e. The number of sulfone groups is 1. The maximum atomic E-state index is 11.2. The lowest BCUT2D eigenvalue weighted by molar-refractivity contribution is -0.0377. The average Bonchev–Trinajstić information content (AvgIpc) is 2.24. The molecule has 2 unspecified atom stereocenters. The molecular weight excluding hydrogens is 252 g/mol. The summed E-state index contributed by atoms with van der Waals surface area (Å²) in [6, 6.07) is 0.503. The van der Waals surface area contributed by atoms with Crippen molar-refractivity contribution in [3.8, 4) is 0 Å². The van der Waals surface area contributed by atoms with E-state index in [4.69, 9.17) is 4.74 Å². The first-order valence-electron chi connectivity index (χ1n) is 6.54. The second-order valence-electron chi connectivity index (χ2n) is 5.48. The Morgan fingerprint density at radius 1 is 1.39 bits per heavy atom. The van der Waals surface area contributed by atoms with Crippen LogP contribution in [0, 0.1) is 0 Å². The van der Waals surface area contributed by atoms with Crippen LogP contribution in [0.1, 0.15) is 20.8 Å². The summed E-state index contributed by atoms with van der Waals surface area (Å²) in [5.41, 5.74) is 0. The molecule has 1 rings (SSSR count). The fourth-order valence-electron chi connectivity index (χ4n) is 2.18. The molecule has 1 fully saturated rings. The van der Waals surface area contributed by atoms with Crippen LogP contribution in [0.4, 0.5) is 0 Å². The zero-order valence-corrected chi connectivity index (χ0v) is 12.7. The average molecular weight is 278 g/mol. The van der Waals surface area contributed by atoms with E-state index in [9.17, 15) is 8.42 Å². The Morgan fingerprint density at radius 3 is 2.61 bits per heavy atom. The molecular formula is C12H26N2O3S. The SMILES string of the molecule is CC(CS(C)(=O)=O)NCC1CN(C(C)C)CCO1. The van der Waals surface area contributed by atoms with E-state index < -0.39 is 9.84 Å². The molecule has 1 saturated heterocycles. The molecule has 2 atom stereocenters. The van der Waals surface area contributed by atoms with E-state index in [0.29, 0.717) is 12.6 Å². The van der Waals surface area contributed by atoms with Crippen LogP contribution in [0.5, 0.6) is 0 Å². The molecule has 0 aromatic heterocycles. The van der Waals surface area contributed by atoms with Crippen LogP contribution in [0.15, 0.2) is 0 Å². The molecule has 0 aromatic carbocycles. The van der Waals surface area contributed by atoms with Crippen molar-refractivity contribution < 1.29 is 13.2 Å². The van der Waals surface area contributed by atoms with Crippen LogP contribution in [-0.2, 0) is 14.6 Å². The minimum atomic E-state index is -2.91. The third-order valence-electron chi connectivity index (χ3n) is 3.15. The number of ether oxygens (including phenoxy) is 1. The van der Waals surface area contributed by atoms with Crippen LogP contribution >= 0.6 is 0 Å². The first kappa shape index (κ1) is 15.9. The van der Waals surface area contributed by atoms with Crippen LogP contribution in [0.25, 0.3) is 0 Å². The predicted molar refractivity (Wildman–Crippen MR) is 73.6 cm³/mol. The number of nitrogens with one attached hydrogen (secondary N) is 1. The standard InChI is InChI=1S/C12H26N2O3S/c1-10(2)14-5-6-17-12(8-14)7-13-11(3)9-18(4,15)16/h10-13H,5-9H2,1-4H3. The van der Waals surface area contributed by atoms with Gasteiger partial charge in [-0.25, -0.2) is 8.42 Å². The minimum Gasteiger partial charge on any atom is -0.374 e. The van der Waals surface area contributed by atoms with E-state index in [2.05, 4.69) is 24.1 Å². The lowest BCUT2D eigenvalue weighted by Crippen LogP contribution is -2.50. The van der Waals surface area contributed by atoms with Gasteiger partial charge in [0.1, 0.15) is 9.84 Å². The highest BCUT2D eigenvalue weighted by molar-refractivity contribution is 7.90. The molecule has 1 aliphatic heterocycles. The molecule has 0 saturated carbocycles. The molecule has 18 heavy (non-hydrogen) atoms. The predicted octanol–water partition coefficient (Wildman–Crippen LogP) is 0.118. The van der Waals surface area contributed by atoms with Crippen LogP contribution in [-0.4, -0.2) is 69.8 Å². The van der Waals surface area contributed by atoms with Gasteiger partial charge in [-0.15, -0.1) is 0 Å². The van der Waals surface area contributed by atoms with E-state index >= 15 is 0 Å². The lowest BCUT2D eigenvalue weighted by Gasteiger charge is -2.36. The van der Waals surface area contributed by atoms with Crippen LogP contribution in [0.2, 0.25) is 0 Å². The molecule has 0 aromatic rings. The first-order chi connectivity index (χ1) is 8.28. The number of morpholine rings is 1. The van der Waals surface area contributed by atoms with E-state index in [0.717, 1.165) is 19.7 Å². The molecule has 6 heteroatoms. The van der Waals surface area contributed by atoms with Gasteiger partial charge in [0.05, 0.1) is 18.5 Å². The molecule has 1 aliphatic rings. The third kappa shape index (κ3) is 6.13. The Morgan fingerprint density at radius 2 is 2.06 bits per heavy atom. The molecule has 108 valence electrons. The highest BCUT2D eigenvalue weighted by atomic mass is 32.2. The van der Waals surface area contributed by atoms with Crippen LogP contribution in [0.3, 0.4) is 0 Å². The summed E-state index contributed by atoms with van der Waals surface area (Å²) < 4.78 is 28.0. The smallest absolute Gasteiger partial charge is 0.148 e. The third-order valence-corrected chi connectivity index (χ3v) is 4.25. The van der Waals surface area contributed by atoms with Crippen molar-refractivity contribution in [3.63, 3.8) is 0 Å². The van der Waals surface area contributed by atoms with Gasteiger partial charge in [0.15, 0.2) is 0 Å². The Balaban J connectivity index is 2.30. The summed E-state index contributed by atoms with van der Waals surface area (Å²) in [5, 5.41) is 3.24. The number of hydrogen-bond acceptors (Lipinski definition) is 5. The first-order valence-corrected chi connectivity index (χ1v) is 8.60. The molecule has 5 nitrogen and oxygen atoms in total. The van der Waals surface area contributed by atoms with E-state index in [-0.39, 0.29) is 17.9 Å². The fraction of sp³-hybridized carbons (Fsp3) is 1.00. The maximum absolute atomic E-state index is 11.2. The summed E-state index contributed by atoms with van der Waals surface area (Å²) in [4.78, 5) is 2.39. The van der Waals surface area contributed by atoms with Crippen molar-refractivity contribution in [1.29, 1.82) is 0 Å². The van der Waals surface area contributed by atoms with Crippen molar-refractivity contribution in [2.75, 3.05) is 38.2 Å². The Bertz CT molecular complexity index is 343. The van der Waals surface area contributed by atoms with E-state index in [1.54, 1.807) is 0 Å². The number of hydrogen-bond donors (Lipinski definition) is 1. The second-order valence-corrected chi connectivity index (χ2v) is 7.67. The molecule has 0 amide bonds. The quantitative estimate of drug-likeness (QED) is 0.748. The summed E-state index contributed by atoms with van der Waals surface area (Å²) in [5.74, 6) is 0.174. The van der Waals surface area contributed by atoms with Crippen molar-refractivity contribution in [2.45, 2.75) is 39.0 Å². The van der Waals surface area contributed by atoms with Crippen LogP contribution < -0.4 is 5.32 Å². The number of nitrogens with zero attached hydrogens (tertiary/aromatic N) is 1. The fourth-order valence-corrected chi connectivity index (χ4v) is 3.21. The van der Waals surface area contributed by atoms with Gasteiger partial charge in [-0.1, -0.05) is 0 Å². The molecule has 1 heterocycles. The van der Waals surface area contributed by atoms with E-state index in [1.807, 2.05) is 6.92 Å². The Kier molecular flexibility index (Phi) is 6.04.